The summed E-state index contributed by atoms with van der Waals surface area (Å²) in [7, 11) is -4.10. The molecule has 0 fully saturated rings. The van der Waals surface area contributed by atoms with Gasteiger partial charge in [-0.2, -0.15) is 64.8 Å². The van der Waals surface area contributed by atoms with Crippen LogP contribution in [-0.4, -0.2) is 0 Å². The zero-order chi connectivity index (χ0) is 43.5. The molecule has 0 bridgehead atoms. The molecule has 0 amide bonds. The maximum absolute atomic E-state index is 14.1. The van der Waals surface area contributed by atoms with Gasteiger partial charge in [0.25, 0.3) is 0 Å². The van der Waals surface area contributed by atoms with Gasteiger partial charge in [0.2, 0.25) is 0 Å². The van der Waals surface area contributed by atoms with Gasteiger partial charge in [0.1, 0.15) is 0 Å². The minimum atomic E-state index is -5.33. The van der Waals surface area contributed by atoms with Crippen LogP contribution < -0.4 is 26.5 Å². The molecular formula is C46H32F12FeP2-6. The second kappa shape index (κ2) is 19.2. The zero-order valence-electron chi connectivity index (χ0n) is 31.5. The molecule has 0 heterocycles. The van der Waals surface area contributed by atoms with Gasteiger partial charge in [-0.15, -0.1) is 17.2 Å². The molecule has 0 unspecified atom stereocenters. The second-order valence-corrected chi connectivity index (χ2v) is 18.2. The van der Waals surface area contributed by atoms with Crippen LogP contribution in [0.3, 0.4) is 0 Å². The van der Waals surface area contributed by atoms with Crippen molar-refractivity contribution < 1.29 is 69.8 Å². The molecular weight excluding hydrogens is 898 g/mol. The fourth-order valence-electron chi connectivity index (χ4n) is 6.73. The van der Waals surface area contributed by atoms with Crippen molar-refractivity contribution in [3.63, 3.8) is 0 Å². The molecule has 324 valence electrons. The minimum absolute atomic E-state index is 0. The predicted molar refractivity (Wildman–Crippen MR) is 216 cm³/mol. The van der Waals surface area contributed by atoms with Crippen LogP contribution in [0.1, 0.15) is 40.4 Å². The summed E-state index contributed by atoms with van der Waals surface area (Å²) in [6, 6.07) is 42.2. The van der Waals surface area contributed by atoms with Gasteiger partial charge in [0.05, 0.1) is 22.3 Å². The van der Waals surface area contributed by atoms with Crippen molar-refractivity contribution in [3.8, 4) is 11.1 Å². The average molecular weight is 931 g/mol. The summed E-state index contributed by atoms with van der Waals surface area (Å²) in [4.78, 5) is 0. The molecule has 0 aromatic heterocycles. The van der Waals surface area contributed by atoms with E-state index in [0.29, 0.717) is 41.0 Å². The first-order valence-electron chi connectivity index (χ1n) is 18.0. The summed E-state index contributed by atoms with van der Waals surface area (Å²) in [5.41, 5.74) is -6.78. The van der Waals surface area contributed by atoms with Crippen molar-refractivity contribution in [1.82, 2.24) is 0 Å². The van der Waals surface area contributed by atoms with Crippen LogP contribution in [0.4, 0.5) is 52.7 Å². The molecule has 0 saturated heterocycles. The number of rotatable bonds is 8. The van der Waals surface area contributed by atoms with Crippen LogP contribution in [-0.2, 0) is 41.8 Å². The Morgan fingerprint density at radius 1 is 0.443 bits per heavy atom. The second-order valence-electron chi connectivity index (χ2n) is 13.5. The van der Waals surface area contributed by atoms with Gasteiger partial charge < -0.3 is 30.3 Å². The smallest absolute Gasteiger partial charge is 0.416 e. The van der Waals surface area contributed by atoms with Crippen LogP contribution >= 0.6 is 15.8 Å². The molecule has 61 heavy (non-hydrogen) atoms. The third kappa shape index (κ3) is 11.4. The summed E-state index contributed by atoms with van der Waals surface area (Å²) in [5, 5.41) is 1.32. The fourth-order valence-corrected chi connectivity index (χ4v) is 12.0. The van der Waals surface area contributed by atoms with Gasteiger partial charge in [-0.3, -0.25) is 0 Å². The van der Waals surface area contributed by atoms with Crippen molar-refractivity contribution in [2.75, 3.05) is 0 Å². The molecule has 0 spiro atoms. The topological polar surface area (TPSA) is 0 Å². The van der Waals surface area contributed by atoms with E-state index < -0.39 is 79.1 Å². The quantitative estimate of drug-likeness (QED) is 0.0616. The van der Waals surface area contributed by atoms with Crippen molar-refractivity contribution in [1.29, 1.82) is 0 Å². The van der Waals surface area contributed by atoms with E-state index in [9.17, 15) is 52.7 Å². The van der Waals surface area contributed by atoms with Gasteiger partial charge >= 0.3 is 24.7 Å². The Morgan fingerprint density at radius 2 is 0.803 bits per heavy atom. The predicted octanol–water partition coefficient (Wildman–Crippen LogP) is 13.5. The molecule has 15 heteroatoms. The first-order valence-corrected chi connectivity index (χ1v) is 20.8. The van der Waals surface area contributed by atoms with Crippen molar-refractivity contribution >= 4 is 42.4 Å². The molecule has 0 radical (unpaired) electrons. The van der Waals surface area contributed by atoms with E-state index in [1.165, 1.54) is 13.0 Å². The van der Waals surface area contributed by atoms with Crippen LogP contribution in [0, 0.1) is 0 Å². The Bertz CT molecular complexity index is 2270. The van der Waals surface area contributed by atoms with Gasteiger partial charge in [-0.05, 0) is 84.4 Å². The van der Waals surface area contributed by atoms with Crippen LogP contribution in [0.15, 0.2) is 170 Å². The van der Waals surface area contributed by atoms with Crippen LogP contribution in [0.5, 0.6) is 0 Å². The fraction of sp³-hybridized carbons (Fsp3) is 0.130. The van der Waals surface area contributed by atoms with E-state index in [1.54, 1.807) is 24.3 Å². The molecule has 0 nitrogen and oxygen atoms in total. The largest absolute Gasteiger partial charge is 0.748 e. The standard InChI is InChI=1S/C41H27F12P2.C5H5.Fe/c1-25(34-16-10-17-35(34)36-15-8-9-18-37(36)55(30-11-4-2-5-12-30)31-13-6-3-7-14-31)54(32-21-26(38(42,43)44)19-27(22-32)39(45,46)47)33-23-28(40(48,49)50)20-29(24-33)41(51,52)53;1-2-4-5-3-1;/h2-25H,1H3;1-5H;/q-1;-5;/t25-;;/m0../s1. The van der Waals surface area contributed by atoms with E-state index in [2.05, 4.69) is 0 Å². The minimum Gasteiger partial charge on any atom is -0.748 e. The SMILES string of the molecule is C[C@@H]([c-]1cccc1-c1ccccc1P(c1ccccc1)c1ccccc1)P(c1cc(C(F)(F)F)cc(C(F)(F)F)c1)c1cc(C(F)(F)F)cc(C(F)(F)F)c1.[Fe].[cH-]1[cH-][cH-][cH-][cH-]1. The van der Waals surface area contributed by atoms with Crippen molar-refractivity contribution in [3.05, 3.63) is 198 Å². The van der Waals surface area contributed by atoms with Gasteiger partial charge in [0, 0.05) is 17.1 Å². The Kier molecular flexibility index (Phi) is 14.9. The van der Waals surface area contributed by atoms with E-state index in [4.69, 9.17) is 0 Å². The molecule has 1 atom stereocenters. The Labute approximate surface area is 357 Å². The number of hydrogen-bond acceptors (Lipinski definition) is 0. The third-order valence-corrected chi connectivity index (χ3v) is 14.6. The first kappa shape index (κ1) is 47.4. The summed E-state index contributed by atoms with van der Waals surface area (Å²) in [6.45, 7) is 1.39. The molecule has 7 rings (SSSR count). The van der Waals surface area contributed by atoms with Crippen molar-refractivity contribution in [2.24, 2.45) is 0 Å². The number of hydrogen-bond donors (Lipinski definition) is 0. The number of benzene rings is 5. The molecule has 0 aliphatic heterocycles. The van der Waals surface area contributed by atoms with E-state index in [-0.39, 0.29) is 29.2 Å². The summed E-state index contributed by atoms with van der Waals surface area (Å²) < 4.78 is 170. The van der Waals surface area contributed by atoms with Gasteiger partial charge in [-0.1, -0.05) is 97.4 Å². The summed E-state index contributed by atoms with van der Waals surface area (Å²) >= 11 is 0. The molecule has 0 saturated carbocycles. The Balaban J connectivity index is 0.00000109. The Morgan fingerprint density at radius 3 is 1.18 bits per heavy atom. The summed E-state index contributed by atoms with van der Waals surface area (Å²) in [6.07, 6.45) is -21.3. The molecule has 0 aliphatic carbocycles. The molecule has 7 aromatic carbocycles. The van der Waals surface area contributed by atoms with E-state index in [1.807, 2.05) is 103 Å². The maximum Gasteiger partial charge on any atom is 0.416 e. The Hall–Kier alpha value is -4.66. The maximum atomic E-state index is 14.1. The molecule has 0 aliphatic rings. The first-order chi connectivity index (χ1) is 28.2. The van der Waals surface area contributed by atoms with Crippen LogP contribution in [0.25, 0.3) is 11.1 Å². The normalized spacial score (nSPS) is 12.8. The van der Waals surface area contributed by atoms with Crippen molar-refractivity contribution in [2.45, 2.75) is 37.3 Å². The number of alkyl halides is 12. The average Bonchev–Trinajstić information content (AvgIpc) is 3.95. The monoisotopic (exact) mass is 930 g/mol. The van der Waals surface area contributed by atoms with Gasteiger partial charge in [0.15, 0.2) is 0 Å². The number of halogens is 12. The van der Waals surface area contributed by atoms with Crippen LogP contribution in [0.2, 0.25) is 0 Å². The molecule has 0 N–H and O–H groups in total. The van der Waals surface area contributed by atoms with E-state index in [0.717, 1.165) is 15.9 Å². The third-order valence-electron chi connectivity index (χ3n) is 9.41. The van der Waals surface area contributed by atoms with E-state index >= 15 is 0 Å². The summed E-state index contributed by atoms with van der Waals surface area (Å²) in [5.74, 6) is 0. The zero-order valence-corrected chi connectivity index (χ0v) is 34.4. The molecule has 7 aromatic rings. The van der Waals surface area contributed by atoms with Gasteiger partial charge in [-0.25, -0.2) is 0 Å².